The number of nitrogens with zero attached hydrogens (tertiary/aromatic N) is 4. The van der Waals surface area contributed by atoms with Gasteiger partial charge >= 0.3 is 0 Å². The van der Waals surface area contributed by atoms with E-state index in [2.05, 4.69) is 30.9 Å². The van der Waals surface area contributed by atoms with Crippen LogP contribution >= 0.6 is 27.5 Å². The van der Waals surface area contributed by atoms with Crippen LogP contribution in [0.4, 0.5) is 0 Å². The topological polar surface area (TPSA) is 60.7 Å². The zero-order chi connectivity index (χ0) is 14.1. The lowest BCUT2D eigenvalue weighted by Gasteiger charge is -2.06. The maximum absolute atomic E-state index is 12.4. The van der Waals surface area contributed by atoms with Crippen molar-refractivity contribution in [3.63, 3.8) is 0 Å². The molecule has 5 nitrogen and oxygen atoms in total. The molecule has 0 radical (unpaired) electrons. The molecular weight excluding hydrogens is 344 g/mol. The van der Waals surface area contributed by atoms with E-state index in [1.807, 2.05) is 6.07 Å². The number of aromatic nitrogens is 4. The molecule has 0 atom stereocenters. The molecule has 1 aromatic carbocycles. The van der Waals surface area contributed by atoms with Gasteiger partial charge in [0.25, 0.3) is 5.56 Å². The maximum atomic E-state index is 12.4. The number of rotatable bonds is 2. The van der Waals surface area contributed by atoms with Crippen LogP contribution in [0.15, 0.2) is 46.2 Å². The van der Waals surface area contributed by atoms with E-state index in [1.165, 1.54) is 17.1 Å². The van der Waals surface area contributed by atoms with Gasteiger partial charge in [-0.25, -0.2) is 9.97 Å². The van der Waals surface area contributed by atoms with E-state index in [4.69, 9.17) is 11.6 Å². The first-order chi connectivity index (χ1) is 9.63. The SMILES string of the molecule is O=c1c2cc(Br)ccc2ncn1Cc1cnc(Cl)cn1. The minimum Gasteiger partial charge on any atom is -0.293 e. The van der Waals surface area contributed by atoms with Crippen molar-refractivity contribution in [3.8, 4) is 0 Å². The van der Waals surface area contributed by atoms with Crippen molar-refractivity contribution in [2.75, 3.05) is 0 Å². The van der Waals surface area contributed by atoms with Gasteiger partial charge in [0.2, 0.25) is 0 Å². The normalized spacial score (nSPS) is 10.9. The first-order valence-electron chi connectivity index (χ1n) is 5.74. The Bertz CT molecular complexity index is 832. The minimum absolute atomic E-state index is 0.118. The van der Waals surface area contributed by atoms with Gasteiger partial charge in [0.1, 0.15) is 5.15 Å². The first kappa shape index (κ1) is 13.2. The lowest BCUT2D eigenvalue weighted by atomic mass is 10.2. The fourth-order valence-electron chi connectivity index (χ4n) is 1.84. The van der Waals surface area contributed by atoms with E-state index in [9.17, 15) is 4.79 Å². The number of fused-ring (bicyclic) bond motifs is 1. The van der Waals surface area contributed by atoms with Crippen LogP contribution in [-0.4, -0.2) is 19.5 Å². The zero-order valence-corrected chi connectivity index (χ0v) is 12.5. The summed E-state index contributed by atoms with van der Waals surface area (Å²) in [4.78, 5) is 24.7. The third-order valence-corrected chi connectivity index (χ3v) is 3.48. The Labute approximate surface area is 127 Å². The highest BCUT2D eigenvalue weighted by atomic mass is 79.9. The molecule has 0 aliphatic heterocycles. The van der Waals surface area contributed by atoms with Crippen molar-refractivity contribution in [3.05, 3.63) is 62.6 Å². The molecule has 3 aromatic rings. The average Bonchev–Trinajstić information content (AvgIpc) is 2.45. The second kappa shape index (κ2) is 5.30. The second-order valence-electron chi connectivity index (χ2n) is 4.17. The molecule has 0 saturated carbocycles. The van der Waals surface area contributed by atoms with E-state index >= 15 is 0 Å². The maximum Gasteiger partial charge on any atom is 0.261 e. The molecule has 0 aliphatic rings. The molecule has 100 valence electrons. The summed E-state index contributed by atoms with van der Waals surface area (Å²) in [5, 5.41) is 0.880. The van der Waals surface area contributed by atoms with E-state index in [0.29, 0.717) is 28.3 Å². The molecule has 0 amide bonds. The Balaban J connectivity index is 2.06. The number of hydrogen-bond donors (Lipinski definition) is 0. The highest BCUT2D eigenvalue weighted by Gasteiger charge is 2.06. The number of hydrogen-bond acceptors (Lipinski definition) is 4. The van der Waals surface area contributed by atoms with Gasteiger partial charge in [0.05, 0.1) is 41.9 Å². The van der Waals surface area contributed by atoms with Gasteiger partial charge in [0, 0.05) is 4.47 Å². The van der Waals surface area contributed by atoms with Gasteiger partial charge in [0.15, 0.2) is 0 Å². The summed E-state index contributed by atoms with van der Waals surface area (Å²) < 4.78 is 2.33. The zero-order valence-electron chi connectivity index (χ0n) is 10.1. The molecule has 0 aliphatic carbocycles. The number of halogens is 2. The van der Waals surface area contributed by atoms with E-state index in [-0.39, 0.29) is 5.56 Å². The van der Waals surface area contributed by atoms with Crippen LogP contribution in [0.5, 0.6) is 0 Å². The van der Waals surface area contributed by atoms with Crippen LogP contribution in [0, 0.1) is 0 Å². The Morgan fingerprint density at radius 2 is 2.05 bits per heavy atom. The largest absolute Gasteiger partial charge is 0.293 e. The van der Waals surface area contributed by atoms with E-state index in [1.54, 1.807) is 18.3 Å². The van der Waals surface area contributed by atoms with Gasteiger partial charge in [-0.2, -0.15) is 0 Å². The summed E-state index contributed by atoms with van der Waals surface area (Å²) in [5.74, 6) is 0. The third kappa shape index (κ3) is 2.57. The summed E-state index contributed by atoms with van der Waals surface area (Å²) >= 11 is 9.03. The fourth-order valence-corrected chi connectivity index (χ4v) is 2.30. The van der Waals surface area contributed by atoms with Crippen LogP contribution < -0.4 is 5.56 Å². The van der Waals surface area contributed by atoms with Gasteiger partial charge in [-0.05, 0) is 18.2 Å². The lowest BCUT2D eigenvalue weighted by Crippen LogP contribution is -2.21. The van der Waals surface area contributed by atoms with Crippen molar-refractivity contribution in [2.45, 2.75) is 6.54 Å². The van der Waals surface area contributed by atoms with Gasteiger partial charge < -0.3 is 0 Å². The van der Waals surface area contributed by atoms with Crippen molar-refractivity contribution in [1.29, 1.82) is 0 Å². The average molecular weight is 352 g/mol. The summed E-state index contributed by atoms with van der Waals surface area (Å²) in [7, 11) is 0. The van der Waals surface area contributed by atoms with Crippen LogP contribution in [0.2, 0.25) is 5.15 Å². The number of benzene rings is 1. The van der Waals surface area contributed by atoms with Gasteiger partial charge in [-0.1, -0.05) is 27.5 Å². The molecule has 2 aromatic heterocycles. The predicted molar refractivity (Wildman–Crippen MR) is 79.8 cm³/mol. The molecule has 0 fully saturated rings. The van der Waals surface area contributed by atoms with Gasteiger partial charge in [-0.15, -0.1) is 0 Å². The van der Waals surface area contributed by atoms with Gasteiger partial charge in [-0.3, -0.25) is 14.3 Å². The van der Waals surface area contributed by atoms with Crippen LogP contribution in [0.3, 0.4) is 0 Å². The van der Waals surface area contributed by atoms with Crippen molar-refractivity contribution >= 4 is 38.4 Å². The summed E-state index contributed by atoms with van der Waals surface area (Å²) in [6.45, 7) is 0.304. The summed E-state index contributed by atoms with van der Waals surface area (Å²) in [6.07, 6.45) is 4.50. The molecule has 0 saturated heterocycles. The summed E-state index contributed by atoms with van der Waals surface area (Å²) in [5.41, 5.74) is 1.19. The molecule has 0 unspecified atom stereocenters. The smallest absolute Gasteiger partial charge is 0.261 e. The quantitative estimate of drug-likeness (QED) is 0.712. The Hall–Kier alpha value is -1.79. The molecule has 20 heavy (non-hydrogen) atoms. The fraction of sp³-hybridized carbons (Fsp3) is 0.0769. The Morgan fingerprint density at radius 1 is 1.20 bits per heavy atom. The van der Waals surface area contributed by atoms with E-state index < -0.39 is 0 Å². The highest BCUT2D eigenvalue weighted by Crippen LogP contribution is 2.15. The second-order valence-corrected chi connectivity index (χ2v) is 5.47. The molecule has 7 heteroatoms. The Morgan fingerprint density at radius 3 is 2.80 bits per heavy atom. The third-order valence-electron chi connectivity index (χ3n) is 2.79. The molecule has 0 spiro atoms. The van der Waals surface area contributed by atoms with Crippen molar-refractivity contribution < 1.29 is 0 Å². The van der Waals surface area contributed by atoms with Crippen LogP contribution in [0.25, 0.3) is 10.9 Å². The first-order valence-corrected chi connectivity index (χ1v) is 6.92. The lowest BCUT2D eigenvalue weighted by molar-refractivity contribution is 0.725. The van der Waals surface area contributed by atoms with Crippen molar-refractivity contribution in [2.24, 2.45) is 0 Å². The van der Waals surface area contributed by atoms with E-state index in [0.717, 1.165) is 4.47 Å². The molecule has 3 rings (SSSR count). The summed E-state index contributed by atoms with van der Waals surface area (Å²) in [6, 6.07) is 5.41. The predicted octanol–water partition coefficient (Wildman–Crippen LogP) is 2.65. The van der Waals surface area contributed by atoms with Crippen molar-refractivity contribution in [1.82, 2.24) is 19.5 Å². The standard InChI is InChI=1S/C13H8BrClN4O/c14-8-1-2-11-10(3-8)13(20)19(7-18-11)6-9-4-17-12(15)5-16-9/h1-5,7H,6H2. The van der Waals surface area contributed by atoms with Crippen LogP contribution in [0.1, 0.15) is 5.69 Å². The minimum atomic E-state index is -0.118. The molecule has 0 bridgehead atoms. The molecular formula is C13H8BrClN4O. The molecule has 0 N–H and O–H groups in total. The van der Waals surface area contributed by atoms with Crippen LogP contribution in [-0.2, 0) is 6.54 Å². The Kier molecular flexibility index (Phi) is 3.50. The highest BCUT2D eigenvalue weighted by molar-refractivity contribution is 9.10. The molecule has 2 heterocycles. The monoisotopic (exact) mass is 350 g/mol.